The molecule has 5 nitrogen and oxygen atoms in total. The number of hydrogen-bond acceptors (Lipinski definition) is 5. The predicted octanol–water partition coefficient (Wildman–Crippen LogP) is 4.14. The summed E-state index contributed by atoms with van der Waals surface area (Å²) in [5.74, 6) is 1.73. The summed E-state index contributed by atoms with van der Waals surface area (Å²) >= 11 is 1.56. The maximum Gasteiger partial charge on any atom is 0.233 e. The zero-order valence-electron chi connectivity index (χ0n) is 17.4. The molecular weight excluding hydrogens is 384 g/mol. The molecule has 0 aromatic heterocycles. The highest BCUT2D eigenvalue weighted by Crippen LogP contribution is 2.28. The molecule has 1 amide bonds. The molecular formula is C23H30N2O3S. The Morgan fingerprint density at radius 2 is 1.55 bits per heavy atom. The number of carbonyl (C=O) groups is 1. The maximum absolute atomic E-state index is 12.7. The zero-order chi connectivity index (χ0) is 20.6. The summed E-state index contributed by atoms with van der Waals surface area (Å²) in [4.78, 5) is 16.2. The predicted molar refractivity (Wildman–Crippen MR) is 118 cm³/mol. The fraction of sp³-hybridized carbons (Fsp3) is 0.435. The lowest BCUT2D eigenvalue weighted by Gasteiger charge is -2.28. The topological polar surface area (TPSA) is 50.8 Å². The van der Waals surface area contributed by atoms with Crippen LogP contribution in [-0.2, 0) is 4.79 Å². The van der Waals surface area contributed by atoms with Crippen LogP contribution in [-0.4, -0.2) is 49.9 Å². The van der Waals surface area contributed by atoms with E-state index in [2.05, 4.69) is 22.3 Å². The fourth-order valence-electron chi connectivity index (χ4n) is 3.59. The lowest BCUT2D eigenvalue weighted by Crippen LogP contribution is -2.39. The number of rotatable bonds is 9. The second-order valence-electron chi connectivity index (χ2n) is 7.21. The second-order valence-corrected chi connectivity index (χ2v) is 8.63. The number of nitrogens with zero attached hydrogens (tertiary/aromatic N) is 1. The van der Waals surface area contributed by atoms with Gasteiger partial charge in [-0.25, -0.2) is 0 Å². The molecule has 3 rings (SSSR count). The molecule has 1 fully saturated rings. The van der Waals surface area contributed by atoms with E-state index < -0.39 is 0 Å². The molecule has 1 aliphatic heterocycles. The molecule has 2 aromatic carbocycles. The minimum atomic E-state index is -0.168. The van der Waals surface area contributed by atoms with E-state index in [0.717, 1.165) is 29.5 Å². The van der Waals surface area contributed by atoms with E-state index in [1.165, 1.54) is 18.4 Å². The molecule has 29 heavy (non-hydrogen) atoms. The summed E-state index contributed by atoms with van der Waals surface area (Å²) in [5, 5.41) is 3.00. The van der Waals surface area contributed by atoms with Crippen LogP contribution < -0.4 is 14.8 Å². The molecule has 1 aliphatic rings. The van der Waals surface area contributed by atoms with Crippen molar-refractivity contribution in [2.45, 2.75) is 36.0 Å². The SMILES string of the molecule is COc1ccc(SC(C)C(=O)NCC(c2ccc(OC)cc2)N2CCCC2)cc1. The van der Waals surface area contributed by atoms with Crippen molar-refractivity contribution in [1.29, 1.82) is 0 Å². The molecule has 1 heterocycles. The van der Waals surface area contributed by atoms with Crippen molar-refractivity contribution in [3.63, 3.8) is 0 Å². The van der Waals surface area contributed by atoms with Gasteiger partial charge in [0.25, 0.3) is 0 Å². The van der Waals surface area contributed by atoms with Crippen molar-refractivity contribution in [2.24, 2.45) is 0 Å². The maximum atomic E-state index is 12.7. The van der Waals surface area contributed by atoms with Crippen LogP contribution in [0.25, 0.3) is 0 Å². The summed E-state index contributed by atoms with van der Waals surface area (Å²) in [6.07, 6.45) is 2.43. The monoisotopic (exact) mass is 414 g/mol. The van der Waals surface area contributed by atoms with Crippen LogP contribution in [0.4, 0.5) is 0 Å². The molecule has 0 aliphatic carbocycles. The molecule has 0 bridgehead atoms. The van der Waals surface area contributed by atoms with Crippen molar-refractivity contribution >= 4 is 17.7 Å². The van der Waals surface area contributed by atoms with E-state index in [-0.39, 0.29) is 17.2 Å². The molecule has 0 saturated carbocycles. The number of thioether (sulfide) groups is 1. The van der Waals surface area contributed by atoms with Crippen LogP contribution in [0, 0.1) is 0 Å². The van der Waals surface area contributed by atoms with E-state index >= 15 is 0 Å². The third-order valence-corrected chi connectivity index (χ3v) is 6.41. The van der Waals surface area contributed by atoms with Gasteiger partial charge in [0.15, 0.2) is 0 Å². The highest BCUT2D eigenvalue weighted by Gasteiger charge is 2.25. The second kappa shape index (κ2) is 10.6. The van der Waals surface area contributed by atoms with Crippen LogP contribution in [0.15, 0.2) is 53.4 Å². The molecule has 1 N–H and O–H groups in total. The molecule has 0 spiro atoms. The number of carbonyl (C=O) groups excluding carboxylic acids is 1. The smallest absolute Gasteiger partial charge is 0.233 e. The lowest BCUT2D eigenvalue weighted by molar-refractivity contribution is -0.120. The molecule has 2 aromatic rings. The highest BCUT2D eigenvalue weighted by atomic mass is 32.2. The van der Waals surface area contributed by atoms with Gasteiger partial charge in [0, 0.05) is 11.4 Å². The van der Waals surface area contributed by atoms with E-state index in [1.807, 2.05) is 43.3 Å². The number of hydrogen-bond donors (Lipinski definition) is 1. The lowest BCUT2D eigenvalue weighted by atomic mass is 10.1. The van der Waals surface area contributed by atoms with Crippen molar-refractivity contribution in [3.05, 3.63) is 54.1 Å². The van der Waals surface area contributed by atoms with Crippen molar-refractivity contribution in [3.8, 4) is 11.5 Å². The van der Waals surface area contributed by atoms with Crippen molar-refractivity contribution < 1.29 is 14.3 Å². The quantitative estimate of drug-likeness (QED) is 0.625. The van der Waals surface area contributed by atoms with Gasteiger partial charge in [0.05, 0.1) is 25.5 Å². The summed E-state index contributed by atoms with van der Waals surface area (Å²) in [6, 6.07) is 16.2. The summed E-state index contributed by atoms with van der Waals surface area (Å²) < 4.78 is 10.5. The van der Waals surface area contributed by atoms with Gasteiger partial charge in [-0.15, -0.1) is 11.8 Å². The van der Waals surface area contributed by atoms with E-state index in [0.29, 0.717) is 6.54 Å². The van der Waals surface area contributed by atoms with Crippen LogP contribution in [0.2, 0.25) is 0 Å². The van der Waals surface area contributed by atoms with Gasteiger partial charge in [-0.3, -0.25) is 9.69 Å². The third-order valence-electron chi connectivity index (χ3n) is 5.29. The van der Waals surface area contributed by atoms with E-state index in [9.17, 15) is 4.79 Å². The van der Waals surface area contributed by atoms with Crippen molar-refractivity contribution in [1.82, 2.24) is 10.2 Å². The minimum Gasteiger partial charge on any atom is -0.497 e. The number of likely N-dealkylation sites (tertiary alicyclic amines) is 1. The Balaban J connectivity index is 1.60. The Bertz CT molecular complexity index is 774. The van der Waals surface area contributed by atoms with Gasteiger partial charge in [-0.05, 0) is 74.8 Å². The van der Waals surface area contributed by atoms with E-state index in [1.54, 1.807) is 26.0 Å². The number of benzene rings is 2. The first-order valence-corrected chi connectivity index (χ1v) is 10.9. The van der Waals surface area contributed by atoms with Crippen LogP contribution in [0.1, 0.15) is 31.4 Å². The van der Waals surface area contributed by atoms with Gasteiger partial charge in [0.1, 0.15) is 11.5 Å². The van der Waals surface area contributed by atoms with Crippen molar-refractivity contribution in [2.75, 3.05) is 33.9 Å². The van der Waals surface area contributed by atoms with Gasteiger partial charge in [-0.1, -0.05) is 12.1 Å². The summed E-state index contributed by atoms with van der Waals surface area (Å²) in [5.41, 5.74) is 1.21. The Kier molecular flexibility index (Phi) is 7.83. The Hall–Kier alpha value is -2.18. The molecule has 6 heteroatoms. The van der Waals surface area contributed by atoms with Crippen LogP contribution >= 0.6 is 11.8 Å². The average Bonchev–Trinajstić information content (AvgIpc) is 3.29. The summed E-state index contributed by atoms with van der Waals surface area (Å²) in [6.45, 7) is 4.70. The number of amides is 1. The Labute approximate surface area is 177 Å². The standard InChI is InChI=1S/C23H30N2O3S/c1-17(29-21-12-10-20(28-3)11-13-21)23(26)24-16-22(25-14-4-5-15-25)18-6-8-19(27-2)9-7-18/h6-13,17,22H,4-5,14-16H2,1-3H3,(H,24,26). The van der Waals surface area contributed by atoms with Gasteiger partial charge < -0.3 is 14.8 Å². The number of nitrogens with one attached hydrogen (secondary N) is 1. The minimum absolute atomic E-state index is 0.0588. The average molecular weight is 415 g/mol. The first-order chi connectivity index (χ1) is 14.1. The van der Waals surface area contributed by atoms with Gasteiger partial charge in [-0.2, -0.15) is 0 Å². The molecule has 2 unspecified atom stereocenters. The first kappa shape index (κ1) is 21.5. The van der Waals surface area contributed by atoms with Gasteiger partial charge in [0.2, 0.25) is 5.91 Å². The molecule has 156 valence electrons. The molecule has 0 radical (unpaired) electrons. The summed E-state index contributed by atoms with van der Waals surface area (Å²) in [7, 11) is 3.33. The van der Waals surface area contributed by atoms with Gasteiger partial charge >= 0.3 is 0 Å². The number of ether oxygens (including phenoxy) is 2. The largest absolute Gasteiger partial charge is 0.497 e. The highest BCUT2D eigenvalue weighted by molar-refractivity contribution is 8.00. The van der Waals surface area contributed by atoms with E-state index in [4.69, 9.17) is 9.47 Å². The molecule has 1 saturated heterocycles. The third kappa shape index (κ3) is 5.90. The number of methoxy groups -OCH3 is 2. The Morgan fingerprint density at radius 3 is 2.10 bits per heavy atom. The Morgan fingerprint density at radius 1 is 1.00 bits per heavy atom. The fourth-order valence-corrected chi connectivity index (χ4v) is 4.48. The molecule has 2 atom stereocenters. The zero-order valence-corrected chi connectivity index (χ0v) is 18.2. The normalized spacial score (nSPS) is 16.2. The van der Waals surface area contributed by atoms with Crippen LogP contribution in [0.3, 0.4) is 0 Å². The first-order valence-electron chi connectivity index (χ1n) is 10.1. The van der Waals surface area contributed by atoms with Crippen LogP contribution in [0.5, 0.6) is 11.5 Å².